The number of nitro benzene ring substituents is 1. The Morgan fingerprint density at radius 3 is 2.70 bits per heavy atom. The fourth-order valence-electron chi connectivity index (χ4n) is 3.07. The van der Waals surface area contributed by atoms with Gasteiger partial charge in [-0.25, -0.2) is 0 Å². The van der Waals surface area contributed by atoms with Crippen LogP contribution >= 0.6 is 11.6 Å². The maximum Gasteiger partial charge on any atom is 0.271 e. The van der Waals surface area contributed by atoms with Crippen molar-refractivity contribution in [1.82, 2.24) is 0 Å². The summed E-state index contributed by atoms with van der Waals surface area (Å²) >= 11 is 6.16. The van der Waals surface area contributed by atoms with E-state index in [-0.39, 0.29) is 10.6 Å². The lowest BCUT2D eigenvalue weighted by atomic mass is 9.78. The summed E-state index contributed by atoms with van der Waals surface area (Å²) in [5.41, 5.74) is 0.757. The summed E-state index contributed by atoms with van der Waals surface area (Å²) in [4.78, 5) is 10.5. The second-order valence-corrected chi connectivity index (χ2v) is 6.27. The monoisotopic (exact) mass is 296 g/mol. The zero-order valence-electron chi connectivity index (χ0n) is 11.9. The Bertz CT molecular complexity index is 491. The van der Waals surface area contributed by atoms with Gasteiger partial charge in [-0.1, -0.05) is 38.3 Å². The van der Waals surface area contributed by atoms with Crippen LogP contribution in [0.1, 0.15) is 39.5 Å². The summed E-state index contributed by atoms with van der Waals surface area (Å²) in [6.45, 7) is 4.47. The first kappa shape index (κ1) is 15.1. The molecule has 1 aromatic carbocycles. The highest BCUT2D eigenvalue weighted by atomic mass is 35.5. The highest BCUT2D eigenvalue weighted by Gasteiger charge is 2.28. The Balaban J connectivity index is 2.19. The third-order valence-electron chi connectivity index (χ3n) is 4.18. The van der Waals surface area contributed by atoms with Crippen molar-refractivity contribution in [2.75, 3.05) is 5.32 Å². The van der Waals surface area contributed by atoms with Crippen LogP contribution in [-0.2, 0) is 0 Å². The van der Waals surface area contributed by atoms with Gasteiger partial charge in [-0.2, -0.15) is 0 Å². The van der Waals surface area contributed by atoms with Crippen LogP contribution in [0.15, 0.2) is 18.2 Å². The molecule has 0 saturated heterocycles. The molecule has 1 aromatic rings. The van der Waals surface area contributed by atoms with Crippen molar-refractivity contribution in [3.63, 3.8) is 0 Å². The van der Waals surface area contributed by atoms with Gasteiger partial charge in [0, 0.05) is 18.2 Å². The number of hydrogen-bond donors (Lipinski definition) is 1. The molecule has 110 valence electrons. The first-order valence-electron chi connectivity index (χ1n) is 7.19. The molecule has 0 bridgehead atoms. The van der Waals surface area contributed by atoms with Crippen molar-refractivity contribution in [1.29, 1.82) is 0 Å². The summed E-state index contributed by atoms with van der Waals surface area (Å²) in [6.07, 6.45) is 4.78. The van der Waals surface area contributed by atoms with E-state index in [9.17, 15) is 10.1 Å². The van der Waals surface area contributed by atoms with Gasteiger partial charge in [0.2, 0.25) is 0 Å². The number of anilines is 1. The molecular weight excluding hydrogens is 276 g/mol. The SMILES string of the molecule is CC(C)C1CCCCC1Nc1cc([N+](=O)[O-])ccc1Cl. The maximum absolute atomic E-state index is 10.9. The highest BCUT2D eigenvalue weighted by molar-refractivity contribution is 6.33. The summed E-state index contributed by atoms with van der Waals surface area (Å²) in [6, 6.07) is 4.92. The molecule has 2 unspecified atom stereocenters. The molecule has 0 aliphatic heterocycles. The number of non-ortho nitro benzene ring substituents is 1. The molecule has 0 heterocycles. The summed E-state index contributed by atoms with van der Waals surface area (Å²) in [5, 5.41) is 14.8. The third-order valence-corrected chi connectivity index (χ3v) is 4.51. The molecule has 0 aromatic heterocycles. The van der Waals surface area contributed by atoms with Crippen molar-refractivity contribution in [2.45, 2.75) is 45.6 Å². The fourth-order valence-corrected chi connectivity index (χ4v) is 3.25. The molecule has 1 aliphatic carbocycles. The second kappa shape index (κ2) is 6.44. The fraction of sp³-hybridized carbons (Fsp3) is 0.600. The lowest BCUT2D eigenvalue weighted by Crippen LogP contribution is -2.35. The summed E-state index contributed by atoms with van der Waals surface area (Å²) < 4.78 is 0. The van der Waals surface area contributed by atoms with Gasteiger partial charge < -0.3 is 5.32 Å². The summed E-state index contributed by atoms with van der Waals surface area (Å²) in [7, 11) is 0. The first-order valence-corrected chi connectivity index (χ1v) is 7.57. The molecule has 1 saturated carbocycles. The van der Waals surface area contributed by atoms with Gasteiger partial charge >= 0.3 is 0 Å². The minimum absolute atomic E-state index is 0.0776. The van der Waals surface area contributed by atoms with Crippen LogP contribution in [0.4, 0.5) is 11.4 Å². The molecule has 0 spiro atoms. The zero-order valence-corrected chi connectivity index (χ0v) is 12.7. The average molecular weight is 297 g/mol. The van der Waals surface area contributed by atoms with Crippen molar-refractivity contribution in [3.8, 4) is 0 Å². The van der Waals surface area contributed by atoms with E-state index in [4.69, 9.17) is 11.6 Å². The van der Waals surface area contributed by atoms with E-state index in [1.807, 2.05) is 0 Å². The van der Waals surface area contributed by atoms with Crippen molar-refractivity contribution < 1.29 is 4.92 Å². The number of nitro groups is 1. The van der Waals surface area contributed by atoms with Gasteiger partial charge in [0.1, 0.15) is 0 Å². The van der Waals surface area contributed by atoms with E-state index in [0.717, 1.165) is 6.42 Å². The molecule has 20 heavy (non-hydrogen) atoms. The van der Waals surface area contributed by atoms with E-state index in [0.29, 0.717) is 28.6 Å². The van der Waals surface area contributed by atoms with Crippen LogP contribution < -0.4 is 5.32 Å². The van der Waals surface area contributed by atoms with Gasteiger partial charge in [-0.05, 0) is 30.7 Å². The minimum Gasteiger partial charge on any atom is -0.381 e. The number of hydrogen-bond acceptors (Lipinski definition) is 3. The molecule has 5 heteroatoms. The Morgan fingerprint density at radius 2 is 2.05 bits per heavy atom. The molecule has 1 aliphatic rings. The molecule has 0 radical (unpaired) electrons. The van der Waals surface area contributed by atoms with E-state index in [1.54, 1.807) is 6.07 Å². The number of nitrogens with one attached hydrogen (secondary N) is 1. The van der Waals surface area contributed by atoms with Gasteiger partial charge in [-0.15, -0.1) is 0 Å². The molecule has 1 N–H and O–H groups in total. The van der Waals surface area contributed by atoms with Crippen LogP contribution in [0, 0.1) is 22.0 Å². The minimum atomic E-state index is -0.387. The van der Waals surface area contributed by atoms with Crippen LogP contribution in [0.3, 0.4) is 0 Å². The smallest absolute Gasteiger partial charge is 0.271 e. The highest BCUT2D eigenvalue weighted by Crippen LogP contribution is 2.35. The van der Waals surface area contributed by atoms with Gasteiger partial charge in [0.05, 0.1) is 15.6 Å². The molecule has 4 nitrogen and oxygen atoms in total. The number of nitrogens with zero attached hydrogens (tertiary/aromatic N) is 1. The van der Waals surface area contributed by atoms with Crippen molar-refractivity contribution in [3.05, 3.63) is 33.3 Å². The average Bonchev–Trinajstić information content (AvgIpc) is 2.41. The third kappa shape index (κ3) is 3.42. The Labute approximate surface area is 124 Å². The molecule has 0 amide bonds. The molecular formula is C15H21ClN2O2. The number of rotatable bonds is 4. The standard InChI is InChI=1S/C15H21ClN2O2/c1-10(2)12-5-3-4-6-14(12)17-15-9-11(18(19)20)7-8-13(15)16/h7-10,12,14,17H,3-6H2,1-2H3. The number of benzene rings is 1. The topological polar surface area (TPSA) is 55.2 Å². The van der Waals surface area contributed by atoms with Crippen molar-refractivity contribution in [2.24, 2.45) is 11.8 Å². The van der Waals surface area contributed by atoms with E-state index in [2.05, 4.69) is 19.2 Å². The predicted molar refractivity (Wildman–Crippen MR) is 82.3 cm³/mol. The van der Waals surface area contributed by atoms with Crippen LogP contribution in [0.5, 0.6) is 0 Å². The Kier molecular flexibility index (Phi) is 4.86. The molecule has 2 atom stereocenters. The van der Waals surface area contributed by atoms with E-state index >= 15 is 0 Å². The molecule has 2 rings (SSSR count). The first-order chi connectivity index (χ1) is 9.49. The molecule has 1 fully saturated rings. The van der Waals surface area contributed by atoms with Crippen molar-refractivity contribution >= 4 is 23.0 Å². The maximum atomic E-state index is 10.9. The van der Waals surface area contributed by atoms with Crippen LogP contribution in [-0.4, -0.2) is 11.0 Å². The lowest BCUT2D eigenvalue weighted by molar-refractivity contribution is -0.384. The Morgan fingerprint density at radius 1 is 1.35 bits per heavy atom. The van der Waals surface area contributed by atoms with E-state index < -0.39 is 0 Å². The van der Waals surface area contributed by atoms with Gasteiger partial charge in [-0.3, -0.25) is 10.1 Å². The summed E-state index contributed by atoms with van der Waals surface area (Å²) in [5.74, 6) is 1.20. The number of halogens is 1. The van der Waals surface area contributed by atoms with Crippen LogP contribution in [0.2, 0.25) is 5.02 Å². The van der Waals surface area contributed by atoms with Crippen LogP contribution in [0.25, 0.3) is 0 Å². The second-order valence-electron chi connectivity index (χ2n) is 5.86. The van der Waals surface area contributed by atoms with Gasteiger partial charge in [0.25, 0.3) is 5.69 Å². The van der Waals surface area contributed by atoms with E-state index in [1.165, 1.54) is 31.4 Å². The zero-order chi connectivity index (χ0) is 14.7. The largest absolute Gasteiger partial charge is 0.381 e. The Hall–Kier alpha value is -1.29. The quantitative estimate of drug-likeness (QED) is 0.636. The lowest BCUT2D eigenvalue weighted by Gasteiger charge is -2.35. The predicted octanol–water partition coefficient (Wildman–Crippen LogP) is 4.87. The normalized spacial score (nSPS) is 22.8. The van der Waals surface area contributed by atoms with Gasteiger partial charge in [0.15, 0.2) is 0 Å².